The van der Waals surface area contributed by atoms with Gasteiger partial charge in [0.1, 0.15) is 6.10 Å². The summed E-state index contributed by atoms with van der Waals surface area (Å²) in [6.07, 6.45) is 1.38. The first-order valence-corrected chi connectivity index (χ1v) is 6.05. The van der Waals surface area contributed by atoms with Gasteiger partial charge in [-0.25, -0.2) is 4.98 Å². The molecular weight excluding hydrogens is 250 g/mol. The maximum Gasteiger partial charge on any atom is 0.214 e. The Bertz CT molecular complexity index is 516. The van der Waals surface area contributed by atoms with Crippen LogP contribution in [0, 0.1) is 0 Å². The van der Waals surface area contributed by atoms with Crippen molar-refractivity contribution in [2.24, 2.45) is 0 Å². The second kappa shape index (κ2) is 5.85. The molecule has 1 atom stereocenters. The van der Waals surface area contributed by atoms with Crippen molar-refractivity contribution in [2.45, 2.75) is 19.6 Å². The van der Waals surface area contributed by atoms with Gasteiger partial charge in [0, 0.05) is 17.8 Å². The third-order valence-corrected chi connectivity index (χ3v) is 2.99. The average molecular weight is 264 g/mol. The molecule has 0 amide bonds. The van der Waals surface area contributed by atoms with Crippen LogP contribution in [0.5, 0.6) is 5.88 Å². The zero-order valence-corrected chi connectivity index (χ0v) is 10.8. The van der Waals surface area contributed by atoms with Gasteiger partial charge in [-0.15, -0.1) is 0 Å². The smallest absolute Gasteiger partial charge is 0.214 e. The Morgan fingerprint density at radius 2 is 2.06 bits per heavy atom. The van der Waals surface area contributed by atoms with Crippen molar-refractivity contribution >= 4 is 11.6 Å². The van der Waals surface area contributed by atoms with E-state index in [2.05, 4.69) is 4.98 Å². The van der Waals surface area contributed by atoms with Crippen LogP contribution in [-0.4, -0.2) is 10.1 Å². The molecule has 18 heavy (non-hydrogen) atoms. The average Bonchev–Trinajstić information content (AvgIpc) is 2.42. The van der Waals surface area contributed by atoms with Crippen LogP contribution in [0.3, 0.4) is 0 Å². The number of ether oxygens (including phenoxy) is 1. The molecule has 1 unspecified atom stereocenters. The van der Waals surface area contributed by atoms with Crippen LogP contribution in [0.1, 0.15) is 24.2 Å². The summed E-state index contributed by atoms with van der Waals surface area (Å²) in [4.78, 5) is 4.09. The first-order valence-electron chi connectivity index (χ1n) is 5.67. The molecular formula is C14H14ClNO2. The van der Waals surface area contributed by atoms with Gasteiger partial charge in [-0.3, -0.25) is 0 Å². The minimum absolute atomic E-state index is 0.105. The number of hydrogen-bond donors (Lipinski definition) is 1. The van der Waals surface area contributed by atoms with Crippen molar-refractivity contribution in [3.63, 3.8) is 0 Å². The summed E-state index contributed by atoms with van der Waals surface area (Å²) in [6, 6.07) is 11.5. The highest BCUT2D eigenvalue weighted by Gasteiger charge is 2.09. The molecule has 2 aromatic rings. The Morgan fingerprint density at radius 3 is 2.72 bits per heavy atom. The van der Waals surface area contributed by atoms with E-state index in [-0.39, 0.29) is 12.7 Å². The van der Waals surface area contributed by atoms with Crippen molar-refractivity contribution in [3.05, 3.63) is 58.7 Å². The van der Waals surface area contributed by atoms with Gasteiger partial charge in [-0.2, -0.15) is 0 Å². The largest absolute Gasteiger partial charge is 0.470 e. The summed E-state index contributed by atoms with van der Waals surface area (Å²) in [6.45, 7) is 1.82. The number of benzene rings is 1. The second-order valence-corrected chi connectivity index (χ2v) is 4.35. The van der Waals surface area contributed by atoms with Crippen LogP contribution in [0.4, 0.5) is 0 Å². The van der Waals surface area contributed by atoms with E-state index in [0.29, 0.717) is 16.5 Å². The minimum Gasteiger partial charge on any atom is -0.470 e. The molecule has 1 heterocycles. The number of aliphatic hydroxyl groups excluding tert-OH is 1. The van der Waals surface area contributed by atoms with Gasteiger partial charge in [-0.1, -0.05) is 41.9 Å². The molecule has 0 aliphatic rings. The SMILES string of the molecule is CC(Oc1cc(CO)c(Cl)cn1)c1ccccc1. The Morgan fingerprint density at radius 1 is 1.33 bits per heavy atom. The van der Waals surface area contributed by atoms with Gasteiger partial charge in [0.2, 0.25) is 5.88 Å². The number of aliphatic hydroxyl groups is 1. The van der Waals surface area contributed by atoms with E-state index >= 15 is 0 Å². The molecule has 0 saturated heterocycles. The predicted octanol–water partition coefficient (Wildman–Crippen LogP) is 3.37. The summed E-state index contributed by atoms with van der Waals surface area (Å²) in [5.74, 6) is 0.458. The molecule has 94 valence electrons. The van der Waals surface area contributed by atoms with Gasteiger partial charge >= 0.3 is 0 Å². The van der Waals surface area contributed by atoms with E-state index in [0.717, 1.165) is 5.56 Å². The highest BCUT2D eigenvalue weighted by atomic mass is 35.5. The van der Waals surface area contributed by atoms with Crippen LogP contribution < -0.4 is 4.74 Å². The lowest BCUT2D eigenvalue weighted by atomic mass is 10.1. The van der Waals surface area contributed by atoms with E-state index in [1.807, 2.05) is 37.3 Å². The maximum atomic E-state index is 9.13. The van der Waals surface area contributed by atoms with E-state index < -0.39 is 0 Å². The lowest BCUT2D eigenvalue weighted by Crippen LogP contribution is -2.04. The number of aromatic nitrogens is 1. The molecule has 0 aliphatic heterocycles. The maximum absolute atomic E-state index is 9.13. The summed E-state index contributed by atoms with van der Waals surface area (Å²) in [5, 5.41) is 9.57. The Hall–Kier alpha value is -1.58. The van der Waals surface area contributed by atoms with E-state index in [4.69, 9.17) is 21.4 Å². The van der Waals surface area contributed by atoms with Gasteiger partial charge < -0.3 is 9.84 Å². The third-order valence-electron chi connectivity index (χ3n) is 2.65. The standard InChI is InChI=1S/C14H14ClNO2/c1-10(11-5-3-2-4-6-11)18-14-7-12(9-17)13(15)8-16-14/h2-8,10,17H,9H2,1H3. The van der Waals surface area contributed by atoms with Crippen molar-refractivity contribution in [1.29, 1.82) is 0 Å². The molecule has 0 spiro atoms. The highest BCUT2D eigenvalue weighted by Crippen LogP contribution is 2.23. The number of hydrogen-bond acceptors (Lipinski definition) is 3. The molecule has 4 heteroatoms. The van der Waals surface area contributed by atoms with Crippen molar-refractivity contribution in [3.8, 4) is 5.88 Å². The number of halogens is 1. The lowest BCUT2D eigenvalue weighted by molar-refractivity contribution is 0.216. The van der Waals surface area contributed by atoms with Crippen molar-refractivity contribution in [2.75, 3.05) is 0 Å². The summed E-state index contributed by atoms with van der Waals surface area (Å²) in [7, 11) is 0. The summed E-state index contributed by atoms with van der Waals surface area (Å²) < 4.78 is 5.72. The molecule has 0 bridgehead atoms. The fraction of sp³-hybridized carbons (Fsp3) is 0.214. The van der Waals surface area contributed by atoms with Gasteiger partial charge in [-0.05, 0) is 12.5 Å². The van der Waals surface area contributed by atoms with E-state index in [1.165, 1.54) is 6.20 Å². The van der Waals surface area contributed by atoms with E-state index in [9.17, 15) is 0 Å². The zero-order chi connectivity index (χ0) is 13.0. The summed E-state index contributed by atoms with van der Waals surface area (Å²) in [5.41, 5.74) is 1.68. The van der Waals surface area contributed by atoms with Gasteiger partial charge in [0.25, 0.3) is 0 Å². The molecule has 0 aliphatic carbocycles. The molecule has 1 N–H and O–H groups in total. The minimum atomic E-state index is -0.128. The quantitative estimate of drug-likeness (QED) is 0.920. The van der Waals surface area contributed by atoms with Crippen LogP contribution >= 0.6 is 11.6 Å². The number of rotatable bonds is 4. The molecule has 3 nitrogen and oxygen atoms in total. The summed E-state index contributed by atoms with van der Waals surface area (Å²) >= 11 is 5.87. The predicted molar refractivity (Wildman–Crippen MR) is 70.7 cm³/mol. The van der Waals surface area contributed by atoms with Gasteiger partial charge in [0.05, 0.1) is 11.6 Å². The molecule has 1 aromatic carbocycles. The first kappa shape index (κ1) is 12.9. The Balaban J connectivity index is 2.14. The van der Waals surface area contributed by atoms with Crippen LogP contribution in [0.2, 0.25) is 5.02 Å². The molecule has 0 radical (unpaired) electrons. The molecule has 1 aromatic heterocycles. The number of pyridine rings is 1. The van der Waals surface area contributed by atoms with Crippen molar-refractivity contribution in [1.82, 2.24) is 4.98 Å². The highest BCUT2D eigenvalue weighted by molar-refractivity contribution is 6.31. The fourth-order valence-electron chi connectivity index (χ4n) is 1.62. The third kappa shape index (κ3) is 3.00. The topological polar surface area (TPSA) is 42.4 Å². The fourth-order valence-corrected chi connectivity index (χ4v) is 1.78. The first-order chi connectivity index (χ1) is 8.70. The molecule has 0 fully saturated rings. The molecule has 2 rings (SSSR count). The molecule has 0 saturated carbocycles. The van der Waals surface area contributed by atoms with Crippen LogP contribution in [0.15, 0.2) is 42.6 Å². The van der Waals surface area contributed by atoms with Gasteiger partial charge in [0.15, 0.2) is 0 Å². The Kier molecular flexibility index (Phi) is 4.18. The van der Waals surface area contributed by atoms with Crippen molar-refractivity contribution < 1.29 is 9.84 Å². The second-order valence-electron chi connectivity index (χ2n) is 3.94. The number of nitrogens with zero attached hydrogens (tertiary/aromatic N) is 1. The lowest BCUT2D eigenvalue weighted by Gasteiger charge is -2.14. The van der Waals surface area contributed by atoms with Crippen LogP contribution in [0.25, 0.3) is 0 Å². The van der Waals surface area contributed by atoms with E-state index in [1.54, 1.807) is 6.07 Å². The monoisotopic (exact) mass is 263 g/mol. The van der Waals surface area contributed by atoms with Crippen LogP contribution in [-0.2, 0) is 6.61 Å². The normalized spacial score (nSPS) is 12.2. The zero-order valence-electron chi connectivity index (χ0n) is 10.0. The Labute approximate surface area is 111 Å².